The molecule has 4 N–H and O–H groups in total. The van der Waals surface area contributed by atoms with Gasteiger partial charge in [0.15, 0.2) is 5.57 Å². The summed E-state index contributed by atoms with van der Waals surface area (Å²) < 4.78 is 24.3. The zero-order valence-electron chi connectivity index (χ0n) is 13.3. The van der Waals surface area contributed by atoms with Gasteiger partial charge in [-0.2, -0.15) is 15.8 Å². The van der Waals surface area contributed by atoms with Crippen LogP contribution >= 0.6 is 0 Å². The van der Waals surface area contributed by atoms with Crippen LogP contribution in [-0.4, -0.2) is 13.0 Å². The molecule has 0 bridgehead atoms. The smallest absolute Gasteiger partial charge is 0.238 e. The Labute approximate surface area is 150 Å². The summed E-state index contributed by atoms with van der Waals surface area (Å²) in [4.78, 5) is -0.0249. The van der Waals surface area contributed by atoms with Gasteiger partial charge in [-0.05, 0) is 42.5 Å². The van der Waals surface area contributed by atoms with Gasteiger partial charge in [-0.1, -0.05) is 0 Å². The molecule has 0 aliphatic carbocycles. The predicted molar refractivity (Wildman–Crippen MR) is 93.2 cm³/mol. The Bertz CT molecular complexity index is 1120. The third-order valence-corrected chi connectivity index (χ3v) is 4.35. The van der Waals surface area contributed by atoms with Crippen molar-refractivity contribution in [2.45, 2.75) is 4.90 Å². The number of sulfonamides is 1. The maximum Gasteiger partial charge on any atom is 0.238 e. The molecule has 0 spiro atoms. The predicted octanol–water partition coefficient (Wildman–Crippen LogP) is 1.29. The molecule has 0 unspecified atom stereocenters. The first-order valence-electron chi connectivity index (χ1n) is 7.04. The monoisotopic (exact) mass is 364 g/mol. The second kappa shape index (κ2) is 7.37. The molecule has 1 aromatic heterocycles. The van der Waals surface area contributed by atoms with Crippen LogP contribution in [0.15, 0.2) is 64.3 Å². The standard InChI is InChI=1S/C17H12N6O2S/c18-9-12(17(21)13(10-19)11-20)8-15-2-1-7-23(15)14-3-5-16(6-4-14)26(22,24)25/h1-8H,21H2,(H2,22,24,25)/b12-8+. The fourth-order valence-corrected chi connectivity index (χ4v) is 2.66. The van der Waals surface area contributed by atoms with Crippen molar-refractivity contribution in [3.05, 3.63) is 65.1 Å². The maximum absolute atomic E-state index is 11.3. The van der Waals surface area contributed by atoms with E-state index in [4.69, 9.17) is 21.4 Å². The van der Waals surface area contributed by atoms with E-state index in [0.29, 0.717) is 11.4 Å². The Hall–Kier alpha value is -3.84. The first-order chi connectivity index (χ1) is 12.3. The average Bonchev–Trinajstić information content (AvgIpc) is 3.08. The number of hydrogen-bond acceptors (Lipinski definition) is 6. The average molecular weight is 364 g/mol. The second-order valence-corrected chi connectivity index (χ2v) is 6.59. The van der Waals surface area contributed by atoms with E-state index in [1.54, 1.807) is 47.2 Å². The second-order valence-electron chi connectivity index (χ2n) is 5.02. The van der Waals surface area contributed by atoms with Gasteiger partial charge in [-0.3, -0.25) is 0 Å². The van der Waals surface area contributed by atoms with Crippen LogP contribution in [-0.2, 0) is 10.0 Å². The van der Waals surface area contributed by atoms with Crippen molar-refractivity contribution in [2.24, 2.45) is 10.9 Å². The van der Waals surface area contributed by atoms with E-state index >= 15 is 0 Å². The highest BCUT2D eigenvalue weighted by atomic mass is 32.2. The quantitative estimate of drug-likeness (QED) is 0.613. The highest BCUT2D eigenvalue weighted by Gasteiger charge is 2.11. The van der Waals surface area contributed by atoms with Crippen molar-refractivity contribution < 1.29 is 8.42 Å². The largest absolute Gasteiger partial charge is 0.396 e. The lowest BCUT2D eigenvalue weighted by atomic mass is 10.1. The molecule has 0 saturated carbocycles. The number of hydrogen-bond donors (Lipinski definition) is 2. The molecule has 0 aliphatic rings. The zero-order valence-corrected chi connectivity index (χ0v) is 14.1. The van der Waals surface area contributed by atoms with Crippen molar-refractivity contribution in [1.82, 2.24) is 4.57 Å². The number of aromatic nitrogens is 1. The van der Waals surface area contributed by atoms with Gasteiger partial charge in [0, 0.05) is 17.6 Å². The van der Waals surface area contributed by atoms with E-state index in [-0.39, 0.29) is 21.7 Å². The van der Waals surface area contributed by atoms with Crippen molar-refractivity contribution in [2.75, 3.05) is 0 Å². The molecule has 1 aromatic carbocycles. The minimum Gasteiger partial charge on any atom is -0.396 e. The van der Waals surface area contributed by atoms with Crippen LogP contribution < -0.4 is 10.9 Å². The van der Waals surface area contributed by atoms with Gasteiger partial charge in [0.1, 0.15) is 18.2 Å². The minimum atomic E-state index is -3.80. The van der Waals surface area contributed by atoms with Crippen LogP contribution in [0.2, 0.25) is 0 Å². The van der Waals surface area contributed by atoms with Crippen molar-refractivity contribution in [3.8, 4) is 23.9 Å². The van der Waals surface area contributed by atoms with Gasteiger partial charge < -0.3 is 10.3 Å². The normalized spacial score (nSPS) is 11.1. The summed E-state index contributed by atoms with van der Waals surface area (Å²) in [5.74, 6) is 0. The molecule has 1 heterocycles. The molecule has 0 radical (unpaired) electrons. The molecular formula is C17H12N6O2S. The summed E-state index contributed by atoms with van der Waals surface area (Å²) in [5, 5.41) is 32.1. The lowest BCUT2D eigenvalue weighted by molar-refractivity contribution is 0.598. The van der Waals surface area contributed by atoms with Crippen LogP contribution in [0, 0.1) is 34.0 Å². The van der Waals surface area contributed by atoms with Crippen LogP contribution in [0.4, 0.5) is 0 Å². The van der Waals surface area contributed by atoms with Crippen LogP contribution in [0.1, 0.15) is 5.69 Å². The highest BCUT2D eigenvalue weighted by Crippen LogP contribution is 2.19. The van der Waals surface area contributed by atoms with Gasteiger partial charge in [0.2, 0.25) is 10.0 Å². The Kier molecular flexibility index (Phi) is 5.24. The molecule has 0 atom stereocenters. The van der Waals surface area contributed by atoms with Crippen LogP contribution in [0.3, 0.4) is 0 Å². The van der Waals surface area contributed by atoms with Crippen molar-refractivity contribution >= 4 is 16.1 Å². The van der Waals surface area contributed by atoms with Gasteiger partial charge in [-0.15, -0.1) is 0 Å². The molecule has 0 amide bonds. The molecule has 2 aromatic rings. The SMILES string of the molecule is N#CC(C#N)=C(N)/C(C#N)=C/c1cccn1-c1ccc(S(N)(=O)=O)cc1. The number of nitrogens with zero attached hydrogens (tertiary/aromatic N) is 4. The van der Waals surface area contributed by atoms with Crippen molar-refractivity contribution in [1.29, 1.82) is 15.8 Å². The molecule has 8 nitrogen and oxygen atoms in total. The fraction of sp³-hybridized carbons (Fsp3) is 0. The third-order valence-electron chi connectivity index (χ3n) is 3.42. The number of benzene rings is 1. The Balaban J connectivity index is 2.52. The molecule has 26 heavy (non-hydrogen) atoms. The minimum absolute atomic E-state index is 0.0249. The number of rotatable bonds is 4. The Morgan fingerprint density at radius 2 is 1.65 bits per heavy atom. The Morgan fingerprint density at radius 1 is 1.04 bits per heavy atom. The first-order valence-corrected chi connectivity index (χ1v) is 8.59. The Morgan fingerprint density at radius 3 is 2.15 bits per heavy atom. The van der Waals surface area contributed by atoms with Gasteiger partial charge >= 0.3 is 0 Å². The van der Waals surface area contributed by atoms with Gasteiger partial charge in [0.25, 0.3) is 0 Å². The number of nitrogens with two attached hydrogens (primary N) is 2. The van der Waals surface area contributed by atoms with E-state index in [1.165, 1.54) is 18.2 Å². The lowest BCUT2D eigenvalue weighted by Gasteiger charge is -2.08. The van der Waals surface area contributed by atoms with Gasteiger partial charge in [-0.25, -0.2) is 13.6 Å². The lowest BCUT2D eigenvalue weighted by Crippen LogP contribution is -2.12. The number of allylic oxidation sites excluding steroid dienone is 2. The van der Waals surface area contributed by atoms with Crippen LogP contribution in [0.5, 0.6) is 0 Å². The summed E-state index contributed by atoms with van der Waals surface area (Å²) in [6.45, 7) is 0. The third kappa shape index (κ3) is 3.80. The van der Waals surface area contributed by atoms with E-state index in [0.717, 1.165) is 0 Å². The highest BCUT2D eigenvalue weighted by molar-refractivity contribution is 7.89. The van der Waals surface area contributed by atoms with Crippen molar-refractivity contribution in [3.63, 3.8) is 0 Å². The summed E-state index contributed by atoms with van der Waals surface area (Å²) >= 11 is 0. The molecule has 2 rings (SSSR count). The molecule has 9 heteroatoms. The van der Waals surface area contributed by atoms with E-state index in [1.807, 2.05) is 6.07 Å². The molecular weight excluding hydrogens is 352 g/mol. The summed E-state index contributed by atoms with van der Waals surface area (Å²) in [7, 11) is -3.80. The molecule has 0 aliphatic heterocycles. The summed E-state index contributed by atoms with van der Waals surface area (Å²) in [6.07, 6.45) is 3.12. The van der Waals surface area contributed by atoms with E-state index in [2.05, 4.69) is 0 Å². The molecule has 0 saturated heterocycles. The number of nitriles is 3. The van der Waals surface area contributed by atoms with Crippen LogP contribution in [0.25, 0.3) is 11.8 Å². The van der Waals surface area contributed by atoms with E-state index in [9.17, 15) is 13.7 Å². The fourth-order valence-electron chi connectivity index (χ4n) is 2.14. The van der Waals surface area contributed by atoms with E-state index < -0.39 is 10.0 Å². The maximum atomic E-state index is 11.3. The summed E-state index contributed by atoms with van der Waals surface area (Å²) in [6, 6.07) is 14.4. The van der Waals surface area contributed by atoms with Gasteiger partial charge in [0.05, 0.1) is 16.2 Å². The summed E-state index contributed by atoms with van der Waals surface area (Å²) in [5.41, 5.74) is 6.28. The molecule has 128 valence electrons. The first kappa shape index (κ1) is 18.5. The topological polar surface area (TPSA) is 162 Å². The zero-order chi connectivity index (χ0) is 19.3. The molecule has 0 fully saturated rings. The number of primary sulfonamides is 1.